The number of amides is 2. The molecular weight excluding hydrogens is 364 g/mol. The van der Waals surface area contributed by atoms with Gasteiger partial charge in [-0.25, -0.2) is 10.0 Å². The molecule has 0 aromatic heterocycles. The van der Waals surface area contributed by atoms with Gasteiger partial charge in [0.05, 0.1) is 14.2 Å². The first-order valence-electron chi connectivity index (χ1n) is 8.35. The number of carbonyl (C=O) groups excluding carboxylic acids is 4. The minimum Gasteiger partial charge on any atom is -0.468 e. The Kier molecular flexibility index (Phi) is 7.27. The number of ether oxygens (including phenoxy) is 2. The smallest absolute Gasteiger partial charge is 0.327 e. The van der Waals surface area contributed by atoms with E-state index in [0.717, 1.165) is 24.2 Å². The third-order valence-corrected chi connectivity index (χ3v) is 3.81. The topological polar surface area (TPSA) is 93.2 Å². The van der Waals surface area contributed by atoms with Crippen molar-refractivity contribution in [1.29, 1.82) is 0 Å². The number of hydrogen-bond donors (Lipinski definition) is 0. The molecule has 2 amide bonds. The van der Waals surface area contributed by atoms with Crippen molar-refractivity contribution in [3.63, 3.8) is 0 Å². The molecular formula is C20H20N2O6. The molecule has 2 aromatic rings. The Labute approximate surface area is 162 Å². The second-order valence-electron chi connectivity index (χ2n) is 5.61. The van der Waals surface area contributed by atoms with Gasteiger partial charge in [0.1, 0.15) is 13.1 Å². The van der Waals surface area contributed by atoms with Crippen molar-refractivity contribution in [1.82, 2.24) is 10.0 Å². The van der Waals surface area contributed by atoms with E-state index in [1.807, 2.05) is 0 Å². The maximum Gasteiger partial charge on any atom is 0.327 e. The zero-order valence-corrected chi connectivity index (χ0v) is 15.5. The monoisotopic (exact) mass is 384 g/mol. The number of carbonyl (C=O) groups is 4. The van der Waals surface area contributed by atoms with E-state index in [1.165, 1.54) is 24.3 Å². The molecule has 0 spiro atoms. The molecule has 0 atom stereocenters. The molecule has 8 nitrogen and oxygen atoms in total. The summed E-state index contributed by atoms with van der Waals surface area (Å²) in [7, 11) is 2.33. The van der Waals surface area contributed by atoms with Gasteiger partial charge >= 0.3 is 11.9 Å². The fourth-order valence-electron chi connectivity index (χ4n) is 2.37. The number of rotatable bonds is 6. The molecule has 0 aliphatic heterocycles. The van der Waals surface area contributed by atoms with Gasteiger partial charge in [-0.05, 0) is 24.3 Å². The SMILES string of the molecule is COC(=O)CN(C(=O)c1ccccc1)N(CC(=O)OC)C(=O)c1ccccc1. The lowest BCUT2D eigenvalue weighted by molar-refractivity contribution is -0.149. The van der Waals surface area contributed by atoms with Crippen molar-refractivity contribution in [2.45, 2.75) is 0 Å². The van der Waals surface area contributed by atoms with E-state index in [0.29, 0.717) is 0 Å². The van der Waals surface area contributed by atoms with E-state index < -0.39 is 36.8 Å². The highest BCUT2D eigenvalue weighted by atomic mass is 16.5. The lowest BCUT2D eigenvalue weighted by atomic mass is 10.2. The Bertz CT molecular complexity index is 767. The van der Waals surface area contributed by atoms with Crippen LogP contribution in [0.4, 0.5) is 0 Å². The molecule has 0 bridgehead atoms. The molecule has 0 saturated carbocycles. The van der Waals surface area contributed by atoms with Gasteiger partial charge in [0.2, 0.25) is 0 Å². The summed E-state index contributed by atoms with van der Waals surface area (Å²) in [5.41, 5.74) is 0.476. The minimum atomic E-state index is -0.750. The normalized spacial score (nSPS) is 9.93. The highest BCUT2D eigenvalue weighted by Gasteiger charge is 2.31. The van der Waals surface area contributed by atoms with Crippen LogP contribution in [0.15, 0.2) is 60.7 Å². The van der Waals surface area contributed by atoms with Crippen LogP contribution in [0, 0.1) is 0 Å². The largest absolute Gasteiger partial charge is 0.468 e. The zero-order chi connectivity index (χ0) is 20.5. The molecule has 0 saturated heterocycles. The number of benzene rings is 2. The van der Waals surface area contributed by atoms with Gasteiger partial charge < -0.3 is 9.47 Å². The van der Waals surface area contributed by atoms with Crippen LogP contribution in [-0.4, -0.2) is 61.1 Å². The summed E-state index contributed by atoms with van der Waals surface area (Å²) in [6, 6.07) is 16.2. The third kappa shape index (κ3) is 5.16. The average molecular weight is 384 g/mol. The number of hydrogen-bond acceptors (Lipinski definition) is 6. The Morgan fingerprint density at radius 3 is 1.25 bits per heavy atom. The third-order valence-electron chi connectivity index (χ3n) is 3.81. The molecule has 0 radical (unpaired) electrons. The summed E-state index contributed by atoms with van der Waals surface area (Å²) in [5, 5.41) is 1.76. The summed E-state index contributed by atoms with van der Waals surface area (Å²) in [6.07, 6.45) is 0. The molecule has 0 aliphatic rings. The van der Waals surface area contributed by atoms with E-state index in [-0.39, 0.29) is 11.1 Å². The van der Waals surface area contributed by atoms with Crippen molar-refractivity contribution >= 4 is 23.8 Å². The van der Waals surface area contributed by atoms with Gasteiger partial charge in [-0.3, -0.25) is 19.2 Å². The summed E-state index contributed by atoms with van der Waals surface area (Å²) in [6.45, 7) is -1.11. The molecule has 0 unspecified atom stereocenters. The molecule has 28 heavy (non-hydrogen) atoms. The average Bonchev–Trinajstić information content (AvgIpc) is 2.75. The van der Waals surface area contributed by atoms with Crippen molar-refractivity contribution in [2.75, 3.05) is 27.3 Å². The van der Waals surface area contributed by atoms with Crippen molar-refractivity contribution < 1.29 is 28.7 Å². The second kappa shape index (κ2) is 9.86. The maximum absolute atomic E-state index is 13.0. The van der Waals surface area contributed by atoms with Crippen molar-refractivity contribution in [3.8, 4) is 0 Å². The molecule has 146 valence electrons. The highest BCUT2D eigenvalue weighted by molar-refractivity contribution is 6.01. The number of hydrazine groups is 1. The summed E-state index contributed by atoms with van der Waals surface area (Å²) >= 11 is 0. The van der Waals surface area contributed by atoms with Gasteiger partial charge in [-0.15, -0.1) is 0 Å². The first kappa shape index (κ1) is 20.6. The molecule has 0 fully saturated rings. The minimum absolute atomic E-state index is 0.238. The Hall–Kier alpha value is -3.68. The van der Waals surface area contributed by atoms with Crippen LogP contribution in [0.3, 0.4) is 0 Å². The van der Waals surface area contributed by atoms with E-state index in [9.17, 15) is 19.2 Å². The summed E-state index contributed by atoms with van der Waals surface area (Å²) < 4.78 is 9.29. The first-order valence-corrected chi connectivity index (χ1v) is 8.35. The lowest BCUT2D eigenvalue weighted by Crippen LogP contribution is -2.54. The van der Waals surface area contributed by atoms with Gasteiger partial charge in [0.15, 0.2) is 0 Å². The molecule has 2 aromatic carbocycles. The molecule has 0 heterocycles. The molecule has 0 N–H and O–H groups in total. The van der Waals surface area contributed by atoms with Crippen LogP contribution in [0.25, 0.3) is 0 Å². The van der Waals surface area contributed by atoms with Crippen molar-refractivity contribution in [2.24, 2.45) is 0 Å². The van der Waals surface area contributed by atoms with Crippen LogP contribution >= 0.6 is 0 Å². The standard InChI is InChI=1S/C20H20N2O6/c1-27-17(23)13-21(19(25)15-9-5-3-6-10-15)22(14-18(24)28-2)20(26)16-11-7-4-8-12-16/h3-12H,13-14H2,1-2H3. The number of esters is 2. The molecule has 2 rings (SSSR count). The quantitative estimate of drug-likeness (QED) is 0.554. The molecule has 0 aliphatic carbocycles. The number of methoxy groups -OCH3 is 2. The van der Waals surface area contributed by atoms with Gasteiger partial charge in [0, 0.05) is 11.1 Å². The van der Waals surface area contributed by atoms with Crippen LogP contribution in [0.2, 0.25) is 0 Å². The maximum atomic E-state index is 13.0. The number of nitrogens with zero attached hydrogens (tertiary/aromatic N) is 2. The fourth-order valence-corrected chi connectivity index (χ4v) is 2.37. The first-order chi connectivity index (χ1) is 13.5. The van der Waals surface area contributed by atoms with E-state index >= 15 is 0 Å². The predicted octanol–water partition coefficient (Wildman–Crippen LogP) is 1.53. The lowest BCUT2D eigenvalue weighted by Gasteiger charge is -2.33. The van der Waals surface area contributed by atoms with Gasteiger partial charge in [0.25, 0.3) is 11.8 Å². The van der Waals surface area contributed by atoms with E-state index in [1.54, 1.807) is 36.4 Å². The van der Waals surface area contributed by atoms with Crippen LogP contribution in [0.5, 0.6) is 0 Å². The van der Waals surface area contributed by atoms with Gasteiger partial charge in [-0.2, -0.15) is 0 Å². The highest BCUT2D eigenvalue weighted by Crippen LogP contribution is 2.13. The Morgan fingerprint density at radius 1 is 0.643 bits per heavy atom. The van der Waals surface area contributed by atoms with E-state index in [2.05, 4.69) is 9.47 Å². The van der Waals surface area contributed by atoms with Gasteiger partial charge in [-0.1, -0.05) is 36.4 Å². The fraction of sp³-hybridized carbons (Fsp3) is 0.200. The summed E-state index contributed by atoms with van der Waals surface area (Å²) in [4.78, 5) is 49.8. The second-order valence-corrected chi connectivity index (χ2v) is 5.61. The van der Waals surface area contributed by atoms with Crippen LogP contribution in [0.1, 0.15) is 20.7 Å². The van der Waals surface area contributed by atoms with Crippen LogP contribution in [-0.2, 0) is 19.1 Å². The molecule has 8 heteroatoms. The van der Waals surface area contributed by atoms with Crippen LogP contribution < -0.4 is 0 Å². The van der Waals surface area contributed by atoms with E-state index in [4.69, 9.17) is 0 Å². The zero-order valence-electron chi connectivity index (χ0n) is 15.5. The Morgan fingerprint density at radius 2 is 0.964 bits per heavy atom. The summed E-state index contributed by atoms with van der Waals surface area (Å²) in [5.74, 6) is -2.78. The Balaban J connectivity index is 2.47. The van der Waals surface area contributed by atoms with Crippen molar-refractivity contribution in [3.05, 3.63) is 71.8 Å². The predicted molar refractivity (Wildman–Crippen MR) is 99.0 cm³/mol.